The number of fused-ring (bicyclic) bond motifs is 1. The Labute approximate surface area is 140 Å². The molecule has 0 unspecified atom stereocenters. The Morgan fingerprint density at radius 2 is 2.08 bits per heavy atom. The molecule has 2 N–H and O–H groups in total. The van der Waals surface area contributed by atoms with Crippen molar-refractivity contribution in [3.8, 4) is 0 Å². The van der Waals surface area contributed by atoms with Crippen LogP contribution >= 0.6 is 0 Å². The molecule has 25 heavy (non-hydrogen) atoms. The molecule has 6 nitrogen and oxygen atoms in total. The zero-order valence-corrected chi connectivity index (χ0v) is 13.1. The quantitative estimate of drug-likeness (QED) is 0.789. The van der Waals surface area contributed by atoms with E-state index in [1.165, 1.54) is 6.07 Å². The third kappa shape index (κ3) is 3.84. The summed E-state index contributed by atoms with van der Waals surface area (Å²) in [7, 11) is 0. The monoisotopic (exact) mass is 360 g/mol. The number of nitrogens with one attached hydrogen (secondary N) is 2. The van der Waals surface area contributed by atoms with Gasteiger partial charge in [0.25, 0.3) is 0 Å². The average Bonchev–Trinajstić information content (AvgIpc) is 2.89. The van der Waals surface area contributed by atoms with Crippen LogP contribution in [0.1, 0.15) is 11.1 Å². The fourth-order valence-corrected chi connectivity index (χ4v) is 2.91. The maximum absolute atomic E-state index is 14.5. The van der Waals surface area contributed by atoms with Crippen LogP contribution in [0.2, 0.25) is 0 Å². The fourth-order valence-electron chi connectivity index (χ4n) is 2.91. The van der Waals surface area contributed by atoms with Crippen LogP contribution in [0.25, 0.3) is 0 Å². The van der Waals surface area contributed by atoms with Gasteiger partial charge in [0, 0.05) is 6.54 Å². The Balaban J connectivity index is 1.68. The van der Waals surface area contributed by atoms with E-state index < -0.39 is 43.7 Å². The molecule has 0 radical (unpaired) electrons. The maximum Gasteiger partial charge on any atom is 0.406 e. The van der Waals surface area contributed by atoms with Gasteiger partial charge in [-0.05, 0) is 30.2 Å². The van der Waals surface area contributed by atoms with Crippen molar-refractivity contribution in [3.05, 3.63) is 29.1 Å². The number of hydrogen-bond donors (Lipinski definition) is 2. The predicted octanol–water partition coefficient (Wildman–Crippen LogP) is 1.67. The number of halogens is 4. The van der Waals surface area contributed by atoms with E-state index in [-0.39, 0.29) is 5.69 Å². The van der Waals surface area contributed by atoms with Crippen molar-refractivity contribution in [1.82, 2.24) is 15.1 Å². The molecule has 136 valence electrons. The number of carbonyl (C=O) groups excluding carboxylic acids is 2. The summed E-state index contributed by atoms with van der Waals surface area (Å²) in [5.74, 6) is -1.35. The summed E-state index contributed by atoms with van der Waals surface area (Å²) >= 11 is 0. The number of carbonyl (C=O) groups is 2. The molecular formula is C15H16F4N4O2. The molecule has 10 heteroatoms. The first-order valence-electron chi connectivity index (χ1n) is 7.66. The largest absolute Gasteiger partial charge is 0.406 e. The SMILES string of the molecule is O=C1CN(C(=O)Nc2ccc3c(c2F)CCNC3)CN1CC(F)(F)F. The van der Waals surface area contributed by atoms with E-state index >= 15 is 0 Å². The van der Waals surface area contributed by atoms with Gasteiger partial charge in [0.2, 0.25) is 5.91 Å². The van der Waals surface area contributed by atoms with Gasteiger partial charge in [-0.2, -0.15) is 13.2 Å². The molecule has 1 saturated heterocycles. The Morgan fingerprint density at radius 3 is 2.80 bits per heavy atom. The Morgan fingerprint density at radius 1 is 1.32 bits per heavy atom. The second-order valence-electron chi connectivity index (χ2n) is 5.97. The molecule has 0 saturated carbocycles. The molecule has 2 aliphatic rings. The molecule has 0 atom stereocenters. The van der Waals surface area contributed by atoms with E-state index in [1.54, 1.807) is 6.07 Å². The van der Waals surface area contributed by atoms with Crippen LogP contribution in [0.15, 0.2) is 12.1 Å². The van der Waals surface area contributed by atoms with E-state index in [4.69, 9.17) is 0 Å². The lowest BCUT2D eigenvalue weighted by molar-refractivity contribution is -0.157. The number of anilines is 1. The summed E-state index contributed by atoms with van der Waals surface area (Å²) in [6.45, 7) is -1.23. The Kier molecular flexibility index (Phi) is 4.55. The van der Waals surface area contributed by atoms with Crippen LogP contribution < -0.4 is 10.6 Å². The molecule has 3 amide bonds. The van der Waals surface area contributed by atoms with Crippen molar-refractivity contribution >= 4 is 17.6 Å². The number of amides is 3. The molecule has 3 rings (SSSR count). The number of benzene rings is 1. The highest BCUT2D eigenvalue weighted by Crippen LogP contribution is 2.25. The highest BCUT2D eigenvalue weighted by Gasteiger charge is 2.39. The molecule has 0 bridgehead atoms. The second-order valence-corrected chi connectivity index (χ2v) is 5.97. The number of hydrogen-bond acceptors (Lipinski definition) is 3. The first-order chi connectivity index (χ1) is 11.7. The van der Waals surface area contributed by atoms with E-state index in [9.17, 15) is 27.2 Å². The first-order valence-corrected chi connectivity index (χ1v) is 7.66. The van der Waals surface area contributed by atoms with Crippen molar-refractivity contribution in [3.63, 3.8) is 0 Å². The average molecular weight is 360 g/mol. The van der Waals surface area contributed by atoms with Gasteiger partial charge in [0.15, 0.2) is 0 Å². The van der Waals surface area contributed by atoms with Gasteiger partial charge < -0.3 is 15.5 Å². The van der Waals surface area contributed by atoms with Crippen molar-refractivity contribution in [2.75, 3.05) is 31.6 Å². The second kappa shape index (κ2) is 6.51. The smallest absolute Gasteiger partial charge is 0.314 e. The van der Waals surface area contributed by atoms with E-state index in [0.29, 0.717) is 30.0 Å². The number of urea groups is 1. The summed E-state index contributed by atoms with van der Waals surface area (Å²) in [6, 6.07) is 2.28. The minimum absolute atomic E-state index is 0.0487. The molecular weight excluding hydrogens is 344 g/mol. The minimum atomic E-state index is -4.54. The summed E-state index contributed by atoms with van der Waals surface area (Å²) in [4.78, 5) is 25.2. The van der Waals surface area contributed by atoms with E-state index in [2.05, 4.69) is 10.6 Å². The highest BCUT2D eigenvalue weighted by molar-refractivity contribution is 5.94. The van der Waals surface area contributed by atoms with Crippen LogP contribution in [-0.4, -0.2) is 54.2 Å². The fraction of sp³-hybridized carbons (Fsp3) is 0.467. The predicted molar refractivity (Wildman–Crippen MR) is 80.2 cm³/mol. The standard InChI is InChI=1S/C15H16F4N4O2/c16-13-10-3-4-20-5-9(10)1-2-11(13)21-14(25)22-6-12(24)23(8-22)7-15(17,18)19/h1-2,20H,3-8H2,(H,21,25). The van der Waals surface area contributed by atoms with E-state index in [0.717, 1.165) is 10.5 Å². The molecule has 0 aromatic heterocycles. The minimum Gasteiger partial charge on any atom is -0.314 e. The lowest BCUT2D eigenvalue weighted by Gasteiger charge is -2.22. The van der Waals surface area contributed by atoms with Crippen LogP contribution in [0.5, 0.6) is 0 Å². The van der Waals surface area contributed by atoms with Gasteiger partial charge in [-0.1, -0.05) is 6.07 Å². The van der Waals surface area contributed by atoms with Crippen LogP contribution in [0.3, 0.4) is 0 Å². The van der Waals surface area contributed by atoms with Crippen molar-refractivity contribution in [2.24, 2.45) is 0 Å². The Hall–Kier alpha value is -2.36. The molecule has 2 aliphatic heterocycles. The number of alkyl halides is 3. The number of nitrogens with zero attached hydrogens (tertiary/aromatic N) is 2. The molecule has 1 aromatic rings. The van der Waals surface area contributed by atoms with Gasteiger partial charge in [0.05, 0.1) is 12.4 Å². The summed E-state index contributed by atoms with van der Waals surface area (Å²) in [5, 5.41) is 5.44. The summed E-state index contributed by atoms with van der Waals surface area (Å²) < 4.78 is 51.7. The van der Waals surface area contributed by atoms with Gasteiger partial charge >= 0.3 is 12.2 Å². The molecule has 2 heterocycles. The number of rotatable bonds is 2. The third-order valence-corrected chi connectivity index (χ3v) is 4.13. The van der Waals surface area contributed by atoms with E-state index in [1.807, 2.05) is 0 Å². The van der Waals surface area contributed by atoms with Gasteiger partial charge in [-0.25, -0.2) is 9.18 Å². The maximum atomic E-state index is 14.5. The van der Waals surface area contributed by atoms with Crippen LogP contribution in [0, 0.1) is 5.82 Å². The zero-order chi connectivity index (χ0) is 18.2. The van der Waals surface area contributed by atoms with Crippen molar-refractivity contribution < 1.29 is 27.2 Å². The van der Waals surface area contributed by atoms with Crippen molar-refractivity contribution in [2.45, 2.75) is 19.1 Å². The molecule has 1 aromatic carbocycles. The van der Waals surface area contributed by atoms with Gasteiger partial charge in [-0.15, -0.1) is 0 Å². The molecule has 1 fully saturated rings. The van der Waals surface area contributed by atoms with Gasteiger partial charge in [-0.3, -0.25) is 9.69 Å². The van der Waals surface area contributed by atoms with Crippen LogP contribution in [0.4, 0.5) is 28.0 Å². The van der Waals surface area contributed by atoms with Gasteiger partial charge in [0.1, 0.15) is 18.9 Å². The Bertz CT molecular complexity index is 708. The normalized spacial score (nSPS) is 17.7. The van der Waals surface area contributed by atoms with Crippen LogP contribution in [-0.2, 0) is 17.8 Å². The molecule has 0 aliphatic carbocycles. The lowest BCUT2D eigenvalue weighted by Crippen LogP contribution is -2.38. The summed E-state index contributed by atoms with van der Waals surface area (Å²) in [5.41, 5.74) is 1.26. The zero-order valence-electron chi connectivity index (χ0n) is 13.1. The summed E-state index contributed by atoms with van der Waals surface area (Å²) in [6.07, 6.45) is -4.06. The first kappa shape index (κ1) is 17.5. The highest BCUT2D eigenvalue weighted by atomic mass is 19.4. The lowest BCUT2D eigenvalue weighted by atomic mass is 9.99. The topological polar surface area (TPSA) is 64.7 Å². The third-order valence-electron chi connectivity index (χ3n) is 4.13. The molecule has 0 spiro atoms. The van der Waals surface area contributed by atoms with Crippen molar-refractivity contribution in [1.29, 1.82) is 0 Å².